The van der Waals surface area contributed by atoms with Crippen LogP contribution in [0.1, 0.15) is 6.42 Å². The highest BCUT2D eigenvalue weighted by Crippen LogP contribution is 2.17. The van der Waals surface area contributed by atoms with Gasteiger partial charge < -0.3 is 10.4 Å². The standard InChI is InChI=1S/C11H14BrNO2S/c1-16-6-5-10(11(14)15)13-9-4-2-3-8(12)7-9/h2-4,7,10,13H,5-6H2,1H3,(H,14,15). The number of thioether (sulfide) groups is 1. The average Bonchev–Trinajstić information content (AvgIpc) is 2.24. The van der Waals surface area contributed by atoms with Gasteiger partial charge in [-0.05, 0) is 36.6 Å². The average molecular weight is 304 g/mol. The Kier molecular flexibility index (Phi) is 5.69. The van der Waals surface area contributed by atoms with Gasteiger partial charge in [0.2, 0.25) is 0 Å². The maximum absolute atomic E-state index is 11.0. The van der Waals surface area contributed by atoms with Crippen molar-refractivity contribution in [3.63, 3.8) is 0 Å². The minimum absolute atomic E-state index is 0.526. The molecule has 0 amide bonds. The van der Waals surface area contributed by atoms with Crippen LogP contribution >= 0.6 is 27.7 Å². The quantitative estimate of drug-likeness (QED) is 0.848. The van der Waals surface area contributed by atoms with E-state index < -0.39 is 12.0 Å². The minimum Gasteiger partial charge on any atom is -0.480 e. The van der Waals surface area contributed by atoms with E-state index in [2.05, 4.69) is 21.2 Å². The maximum atomic E-state index is 11.0. The molecule has 5 heteroatoms. The Morgan fingerprint density at radius 1 is 1.62 bits per heavy atom. The number of anilines is 1. The summed E-state index contributed by atoms with van der Waals surface area (Å²) >= 11 is 5.00. The second-order valence-electron chi connectivity index (χ2n) is 3.33. The van der Waals surface area contributed by atoms with Crippen molar-refractivity contribution in [2.45, 2.75) is 12.5 Å². The Labute approximate surface area is 108 Å². The summed E-state index contributed by atoms with van der Waals surface area (Å²) in [5.74, 6) is 0.0202. The summed E-state index contributed by atoms with van der Waals surface area (Å²) in [5, 5.41) is 12.1. The van der Waals surface area contributed by atoms with E-state index in [-0.39, 0.29) is 0 Å². The normalized spacial score (nSPS) is 12.1. The first-order valence-electron chi connectivity index (χ1n) is 4.87. The van der Waals surface area contributed by atoms with Crippen molar-refractivity contribution in [3.8, 4) is 0 Å². The summed E-state index contributed by atoms with van der Waals surface area (Å²) in [5.41, 5.74) is 0.822. The predicted molar refractivity (Wildman–Crippen MR) is 72.2 cm³/mol. The number of aliphatic carboxylic acids is 1. The molecule has 3 nitrogen and oxygen atoms in total. The van der Waals surface area contributed by atoms with E-state index in [9.17, 15) is 4.79 Å². The first kappa shape index (κ1) is 13.4. The second-order valence-corrected chi connectivity index (χ2v) is 5.23. The van der Waals surface area contributed by atoms with Crippen molar-refractivity contribution < 1.29 is 9.90 Å². The van der Waals surface area contributed by atoms with Crippen LogP contribution in [0.15, 0.2) is 28.7 Å². The van der Waals surface area contributed by atoms with Crippen LogP contribution < -0.4 is 5.32 Å². The van der Waals surface area contributed by atoms with Crippen LogP contribution in [-0.4, -0.2) is 29.1 Å². The first-order valence-corrected chi connectivity index (χ1v) is 7.06. The highest BCUT2D eigenvalue weighted by Gasteiger charge is 2.16. The predicted octanol–water partition coefficient (Wildman–Crippen LogP) is 3.07. The Bertz CT molecular complexity index is 360. The first-order chi connectivity index (χ1) is 7.63. The van der Waals surface area contributed by atoms with Crippen LogP contribution in [0.4, 0.5) is 5.69 Å². The van der Waals surface area contributed by atoms with Crippen LogP contribution in [0.3, 0.4) is 0 Å². The van der Waals surface area contributed by atoms with E-state index in [4.69, 9.17) is 5.11 Å². The van der Waals surface area contributed by atoms with Gasteiger partial charge in [-0.15, -0.1) is 0 Å². The molecule has 88 valence electrons. The molecular formula is C11H14BrNO2S. The summed E-state index contributed by atoms with van der Waals surface area (Å²) in [6.45, 7) is 0. The zero-order valence-corrected chi connectivity index (χ0v) is 11.3. The molecule has 0 heterocycles. The van der Waals surface area contributed by atoms with Gasteiger partial charge in [-0.25, -0.2) is 4.79 Å². The summed E-state index contributed by atoms with van der Waals surface area (Å²) in [7, 11) is 0. The number of benzene rings is 1. The maximum Gasteiger partial charge on any atom is 0.326 e. The SMILES string of the molecule is CSCCC(Nc1cccc(Br)c1)C(=O)O. The fraction of sp³-hybridized carbons (Fsp3) is 0.364. The Morgan fingerprint density at radius 2 is 2.38 bits per heavy atom. The lowest BCUT2D eigenvalue weighted by molar-refractivity contribution is -0.137. The van der Waals surface area contributed by atoms with Gasteiger partial charge in [-0.3, -0.25) is 0 Å². The fourth-order valence-corrected chi connectivity index (χ4v) is 2.14. The molecule has 1 rings (SSSR count). The van der Waals surface area contributed by atoms with Gasteiger partial charge in [-0.1, -0.05) is 22.0 Å². The molecule has 16 heavy (non-hydrogen) atoms. The van der Waals surface area contributed by atoms with Gasteiger partial charge in [0.1, 0.15) is 6.04 Å². The van der Waals surface area contributed by atoms with E-state index in [0.717, 1.165) is 15.9 Å². The number of nitrogens with one attached hydrogen (secondary N) is 1. The molecule has 0 aliphatic carbocycles. The Hall–Kier alpha value is -0.680. The summed E-state index contributed by atoms with van der Waals surface area (Å²) in [6, 6.07) is 6.99. The van der Waals surface area contributed by atoms with E-state index in [0.29, 0.717) is 6.42 Å². The van der Waals surface area contributed by atoms with Crippen LogP contribution in [-0.2, 0) is 4.79 Å². The molecule has 2 N–H and O–H groups in total. The molecule has 0 radical (unpaired) electrons. The van der Waals surface area contributed by atoms with Crippen molar-refractivity contribution in [2.24, 2.45) is 0 Å². The van der Waals surface area contributed by atoms with Gasteiger partial charge in [0.15, 0.2) is 0 Å². The third kappa shape index (κ3) is 4.45. The lowest BCUT2D eigenvalue weighted by Crippen LogP contribution is -2.29. The molecule has 0 fully saturated rings. The molecule has 1 unspecified atom stereocenters. The van der Waals surface area contributed by atoms with Crippen LogP contribution in [0.5, 0.6) is 0 Å². The molecule has 0 aromatic heterocycles. The Balaban J connectivity index is 2.64. The number of hydrogen-bond acceptors (Lipinski definition) is 3. The molecule has 0 aliphatic rings. The molecule has 0 saturated carbocycles. The zero-order chi connectivity index (χ0) is 12.0. The van der Waals surface area contributed by atoms with Crippen molar-refractivity contribution in [1.82, 2.24) is 0 Å². The summed E-state index contributed by atoms with van der Waals surface area (Å²) < 4.78 is 0.937. The van der Waals surface area contributed by atoms with E-state index in [1.54, 1.807) is 11.8 Å². The molecular weight excluding hydrogens is 290 g/mol. The zero-order valence-electron chi connectivity index (χ0n) is 8.94. The number of carboxylic acids is 1. The minimum atomic E-state index is -0.811. The molecule has 0 spiro atoms. The molecule has 0 bridgehead atoms. The monoisotopic (exact) mass is 303 g/mol. The van der Waals surface area contributed by atoms with E-state index in [1.807, 2.05) is 30.5 Å². The van der Waals surface area contributed by atoms with Crippen molar-refractivity contribution >= 4 is 39.3 Å². The second kappa shape index (κ2) is 6.81. The number of hydrogen-bond donors (Lipinski definition) is 2. The third-order valence-electron chi connectivity index (χ3n) is 2.07. The van der Waals surface area contributed by atoms with Crippen molar-refractivity contribution in [2.75, 3.05) is 17.3 Å². The lowest BCUT2D eigenvalue weighted by atomic mass is 10.2. The van der Waals surface area contributed by atoms with Crippen molar-refractivity contribution in [1.29, 1.82) is 0 Å². The lowest BCUT2D eigenvalue weighted by Gasteiger charge is -2.15. The summed E-state index contributed by atoms with van der Waals surface area (Å²) in [6.07, 6.45) is 2.58. The van der Waals surface area contributed by atoms with Gasteiger partial charge in [0.25, 0.3) is 0 Å². The smallest absolute Gasteiger partial charge is 0.326 e. The number of carboxylic acid groups (broad SMARTS) is 1. The molecule has 1 aromatic rings. The summed E-state index contributed by atoms with van der Waals surface area (Å²) in [4.78, 5) is 11.0. The molecule has 0 saturated heterocycles. The van der Waals surface area contributed by atoms with Crippen LogP contribution in [0.25, 0.3) is 0 Å². The third-order valence-corrected chi connectivity index (χ3v) is 3.21. The molecule has 1 aromatic carbocycles. The topological polar surface area (TPSA) is 49.3 Å². The van der Waals surface area contributed by atoms with Gasteiger partial charge >= 0.3 is 5.97 Å². The fourth-order valence-electron chi connectivity index (χ4n) is 1.27. The van der Waals surface area contributed by atoms with Crippen molar-refractivity contribution in [3.05, 3.63) is 28.7 Å². The van der Waals surface area contributed by atoms with Gasteiger partial charge in [0, 0.05) is 10.2 Å². The van der Waals surface area contributed by atoms with Crippen LogP contribution in [0.2, 0.25) is 0 Å². The van der Waals surface area contributed by atoms with Crippen LogP contribution in [0, 0.1) is 0 Å². The highest BCUT2D eigenvalue weighted by atomic mass is 79.9. The van der Waals surface area contributed by atoms with E-state index in [1.165, 1.54) is 0 Å². The number of halogens is 1. The van der Waals surface area contributed by atoms with Gasteiger partial charge in [0.05, 0.1) is 0 Å². The number of rotatable bonds is 6. The molecule has 0 aliphatic heterocycles. The Morgan fingerprint density at radius 3 is 2.94 bits per heavy atom. The molecule has 1 atom stereocenters. The van der Waals surface area contributed by atoms with Gasteiger partial charge in [-0.2, -0.15) is 11.8 Å². The highest BCUT2D eigenvalue weighted by molar-refractivity contribution is 9.10. The largest absolute Gasteiger partial charge is 0.480 e. The van der Waals surface area contributed by atoms with E-state index >= 15 is 0 Å². The number of carbonyl (C=O) groups is 1.